The van der Waals surface area contributed by atoms with Gasteiger partial charge in [-0.15, -0.1) is 0 Å². The van der Waals surface area contributed by atoms with E-state index in [1.165, 1.54) is 0 Å². The second-order valence-electron chi connectivity index (χ2n) is 7.69. The third-order valence-corrected chi connectivity index (χ3v) is 3.29. The minimum Gasteiger partial charge on any atom is -0.507 e. The summed E-state index contributed by atoms with van der Waals surface area (Å²) in [5.74, 6) is 0.348. The fourth-order valence-corrected chi connectivity index (χ4v) is 2.29. The van der Waals surface area contributed by atoms with Crippen LogP contribution in [0.3, 0.4) is 0 Å². The highest BCUT2D eigenvalue weighted by Crippen LogP contribution is 2.22. The minimum absolute atomic E-state index is 0.348. The fraction of sp³-hybridized carbons (Fsp3) is 0.611. The van der Waals surface area contributed by atoms with E-state index in [0.717, 1.165) is 16.7 Å². The van der Waals surface area contributed by atoms with E-state index in [-0.39, 0.29) is 0 Å². The molecule has 0 aliphatic heterocycles. The van der Waals surface area contributed by atoms with E-state index in [4.69, 9.17) is 4.74 Å². The Hall–Kier alpha value is -1.75. The highest BCUT2D eigenvalue weighted by Gasteiger charge is 2.24. The molecule has 0 saturated carbocycles. The second kappa shape index (κ2) is 7.21. The minimum atomic E-state index is -0.505. The third kappa shape index (κ3) is 6.91. The number of aromatic hydroxyl groups is 1. The number of nitrogens with one attached hydrogen (secondary N) is 2. The molecular formula is C18H30N2O3. The Kier molecular flexibility index (Phi) is 6.05. The molecule has 0 spiro atoms. The second-order valence-corrected chi connectivity index (χ2v) is 7.69. The molecule has 0 atom stereocenters. The highest BCUT2D eigenvalue weighted by molar-refractivity contribution is 5.68. The number of carbonyl (C=O) groups excluding carboxylic acids is 1. The Morgan fingerprint density at radius 3 is 2.13 bits per heavy atom. The van der Waals surface area contributed by atoms with Crippen LogP contribution >= 0.6 is 0 Å². The van der Waals surface area contributed by atoms with Gasteiger partial charge < -0.3 is 20.5 Å². The number of amides is 1. The van der Waals surface area contributed by atoms with Crippen molar-refractivity contribution in [2.45, 2.75) is 66.2 Å². The van der Waals surface area contributed by atoms with Crippen molar-refractivity contribution >= 4 is 6.09 Å². The first-order chi connectivity index (χ1) is 10.4. The van der Waals surface area contributed by atoms with Crippen molar-refractivity contribution in [3.05, 3.63) is 28.8 Å². The predicted molar refractivity (Wildman–Crippen MR) is 92.7 cm³/mol. The van der Waals surface area contributed by atoms with Crippen LogP contribution in [0.1, 0.15) is 51.3 Å². The standard InChI is InChI=1S/C18H30N2O3/c1-12-8-14(9-13(2)15(12)21)10-19-11-18(6,7)20-16(22)23-17(3,4)5/h8-9,19,21H,10-11H2,1-7H3,(H,20,22). The molecule has 130 valence electrons. The lowest BCUT2D eigenvalue weighted by atomic mass is 10.0. The van der Waals surface area contributed by atoms with E-state index in [1.54, 1.807) is 0 Å². The fourth-order valence-electron chi connectivity index (χ4n) is 2.29. The monoisotopic (exact) mass is 322 g/mol. The van der Waals surface area contributed by atoms with Gasteiger partial charge in [0.1, 0.15) is 11.4 Å². The average Bonchev–Trinajstić information content (AvgIpc) is 2.32. The van der Waals surface area contributed by atoms with Crippen molar-refractivity contribution in [2.75, 3.05) is 6.54 Å². The molecule has 1 amide bonds. The summed E-state index contributed by atoms with van der Waals surface area (Å²) in [6.07, 6.45) is -0.416. The first kappa shape index (κ1) is 19.3. The zero-order chi connectivity index (χ0) is 17.8. The maximum Gasteiger partial charge on any atom is 0.408 e. The molecule has 0 saturated heterocycles. The van der Waals surface area contributed by atoms with E-state index in [9.17, 15) is 9.90 Å². The van der Waals surface area contributed by atoms with Crippen LogP contribution in [0.2, 0.25) is 0 Å². The van der Waals surface area contributed by atoms with Crippen LogP contribution in [0, 0.1) is 13.8 Å². The highest BCUT2D eigenvalue weighted by atomic mass is 16.6. The van der Waals surface area contributed by atoms with E-state index in [1.807, 2.05) is 60.6 Å². The summed E-state index contributed by atoms with van der Waals surface area (Å²) in [6.45, 7) is 14.5. The van der Waals surface area contributed by atoms with E-state index >= 15 is 0 Å². The Morgan fingerprint density at radius 2 is 1.65 bits per heavy atom. The molecule has 5 heteroatoms. The zero-order valence-electron chi connectivity index (χ0n) is 15.3. The number of aryl methyl sites for hydroxylation is 2. The molecule has 0 unspecified atom stereocenters. The largest absolute Gasteiger partial charge is 0.507 e. The van der Waals surface area contributed by atoms with Crippen LogP contribution in [0.25, 0.3) is 0 Å². The smallest absolute Gasteiger partial charge is 0.408 e. The molecule has 0 bridgehead atoms. The normalized spacial score (nSPS) is 12.1. The SMILES string of the molecule is Cc1cc(CNCC(C)(C)NC(=O)OC(C)(C)C)cc(C)c1O. The molecule has 0 aromatic heterocycles. The lowest BCUT2D eigenvalue weighted by Crippen LogP contribution is -2.51. The topological polar surface area (TPSA) is 70.6 Å². The average molecular weight is 322 g/mol. The number of benzene rings is 1. The van der Waals surface area contributed by atoms with Gasteiger partial charge >= 0.3 is 6.09 Å². The summed E-state index contributed by atoms with van der Waals surface area (Å²) in [7, 11) is 0. The number of ether oxygens (including phenoxy) is 1. The Bertz CT molecular complexity index is 537. The van der Waals surface area contributed by atoms with Crippen molar-refractivity contribution in [2.24, 2.45) is 0 Å². The Labute approximate surface area is 139 Å². The lowest BCUT2D eigenvalue weighted by Gasteiger charge is -2.29. The van der Waals surface area contributed by atoms with Crippen molar-refractivity contribution in [3.63, 3.8) is 0 Å². The number of hydrogen-bond donors (Lipinski definition) is 3. The number of phenolic OH excluding ortho intramolecular Hbond substituents is 1. The van der Waals surface area contributed by atoms with Gasteiger partial charge in [0.2, 0.25) is 0 Å². The van der Waals surface area contributed by atoms with Gasteiger partial charge in [-0.3, -0.25) is 0 Å². The van der Waals surface area contributed by atoms with Crippen LogP contribution in [0.5, 0.6) is 5.75 Å². The van der Waals surface area contributed by atoms with E-state index in [0.29, 0.717) is 18.8 Å². The molecule has 23 heavy (non-hydrogen) atoms. The molecule has 0 aliphatic rings. The number of rotatable bonds is 5. The van der Waals surface area contributed by atoms with Crippen LogP contribution in [0.15, 0.2) is 12.1 Å². The lowest BCUT2D eigenvalue weighted by molar-refractivity contribution is 0.0472. The summed E-state index contributed by atoms with van der Waals surface area (Å²) in [6, 6.07) is 3.92. The van der Waals surface area contributed by atoms with Gasteiger partial charge in [0, 0.05) is 13.1 Å². The molecule has 1 aromatic rings. The van der Waals surface area contributed by atoms with Crippen LogP contribution < -0.4 is 10.6 Å². The molecule has 3 N–H and O–H groups in total. The summed E-state index contributed by atoms with van der Waals surface area (Å²) < 4.78 is 5.28. The quantitative estimate of drug-likeness (QED) is 0.777. The molecule has 1 aromatic carbocycles. The van der Waals surface area contributed by atoms with Gasteiger partial charge in [-0.2, -0.15) is 0 Å². The van der Waals surface area contributed by atoms with E-state index in [2.05, 4.69) is 10.6 Å². The van der Waals surface area contributed by atoms with Gasteiger partial charge in [0.25, 0.3) is 0 Å². The molecular weight excluding hydrogens is 292 g/mol. The van der Waals surface area contributed by atoms with Crippen LogP contribution in [-0.4, -0.2) is 28.9 Å². The van der Waals surface area contributed by atoms with Gasteiger partial charge in [0.05, 0.1) is 5.54 Å². The van der Waals surface area contributed by atoms with Crippen molar-refractivity contribution in [3.8, 4) is 5.75 Å². The van der Waals surface area contributed by atoms with Crippen molar-refractivity contribution in [1.29, 1.82) is 0 Å². The Balaban J connectivity index is 2.52. The van der Waals surface area contributed by atoms with Crippen LogP contribution in [-0.2, 0) is 11.3 Å². The Morgan fingerprint density at radius 1 is 1.13 bits per heavy atom. The third-order valence-electron chi connectivity index (χ3n) is 3.29. The van der Waals surface area contributed by atoms with Crippen LogP contribution in [0.4, 0.5) is 4.79 Å². The van der Waals surface area contributed by atoms with Gasteiger partial charge in [-0.25, -0.2) is 4.79 Å². The first-order valence-electron chi connectivity index (χ1n) is 7.90. The number of alkyl carbamates (subject to hydrolysis) is 1. The van der Waals surface area contributed by atoms with E-state index < -0.39 is 17.2 Å². The summed E-state index contributed by atoms with van der Waals surface area (Å²) in [4.78, 5) is 11.8. The predicted octanol–water partition coefficient (Wildman–Crippen LogP) is 3.40. The van der Waals surface area contributed by atoms with Gasteiger partial charge in [-0.1, -0.05) is 12.1 Å². The molecule has 1 rings (SSSR count). The maximum absolute atomic E-state index is 11.8. The summed E-state index contributed by atoms with van der Waals surface area (Å²) in [5.41, 5.74) is 1.91. The number of hydrogen-bond acceptors (Lipinski definition) is 4. The van der Waals surface area contributed by atoms with Crippen molar-refractivity contribution < 1.29 is 14.6 Å². The summed E-state index contributed by atoms with van der Waals surface area (Å²) >= 11 is 0. The zero-order valence-corrected chi connectivity index (χ0v) is 15.3. The first-order valence-corrected chi connectivity index (χ1v) is 7.90. The molecule has 0 heterocycles. The number of phenols is 1. The molecule has 0 fully saturated rings. The van der Waals surface area contributed by atoms with Crippen molar-refractivity contribution in [1.82, 2.24) is 10.6 Å². The molecule has 5 nitrogen and oxygen atoms in total. The maximum atomic E-state index is 11.8. The summed E-state index contributed by atoms with van der Waals surface area (Å²) in [5, 5.41) is 16.0. The van der Waals surface area contributed by atoms with Gasteiger partial charge in [0.15, 0.2) is 0 Å². The molecule has 0 aliphatic carbocycles. The van der Waals surface area contributed by atoms with Gasteiger partial charge in [-0.05, 0) is 65.2 Å². The number of carbonyl (C=O) groups is 1. The molecule has 0 radical (unpaired) electrons.